The average Bonchev–Trinajstić information content (AvgIpc) is 2.53. The summed E-state index contributed by atoms with van der Waals surface area (Å²) in [5.41, 5.74) is 0.526. The van der Waals surface area contributed by atoms with Gasteiger partial charge in [-0.25, -0.2) is 4.79 Å². The summed E-state index contributed by atoms with van der Waals surface area (Å²) >= 11 is 0. The molecule has 2 rings (SSSR count). The van der Waals surface area contributed by atoms with Crippen molar-refractivity contribution in [3.8, 4) is 11.5 Å². The molecule has 2 N–H and O–H groups in total. The van der Waals surface area contributed by atoms with Gasteiger partial charge in [-0.05, 0) is 24.3 Å². The van der Waals surface area contributed by atoms with Gasteiger partial charge in [0.15, 0.2) is 6.61 Å². The minimum absolute atomic E-state index is 0.00703. The second-order valence-corrected chi connectivity index (χ2v) is 4.34. The summed E-state index contributed by atoms with van der Waals surface area (Å²) in [7, 11) is 1.50. The van der Waals surface area contributed by atoms with Crippen molar-refractivity contribution in [2.45, 2.75) is 0 Å². The maximum absolute atomic E-state index is 11.9. The molecule has 6 heteroatoms. The van der Waals surface area contributed by atoms with Crippen LogP contribution in [0.25, 0.3) is 0 Å². The summed E-state index contributed by atoms with van der Waals surface area (Å²) in [5.74, 6) is -0.850. The average molecular weight is 301 g/mol. The van der Waals surface area contributed by atoms with Gasteiger partial charge < -0.3 is 19.9 Å². The maximum Gasteiger partial charge on any atom is 0.339 e. The van der Waals surface area contributed by atoms with Crippen molar-refractivity contribution in [1.82, 2.24) is 0 Å². The number of hydrogen-bond donors (Lipinski definition) is 2. The van der Waals surface area contributed by atoms with Gasteiger partial charge in [-0.3, -0.25) is 4.79 Å². The van der Waals surface area contributed by atoms with Crippen molar-refractivity contribution in [2.24, 2.45) is 0 Å². The fourth-order valence-corrected chi connectivity index (χ4v) is 1.85. The molecule has 0 atom stereocenters. The van der Waals surface area contributed by atoms with Gasteiger partial charge in [0.05, 0.1) is 12.8 Å². The molecule has 0 bridgehead atoms. The Kier molecular flexibility index (Phi) is 4.98. The summed E-state index contributed by atoms with van der Waals surface area (Å²) in [5, 5.41) is 11.7. The van der Waals surface area contributed by atoms with E-state index in [-0.39, 0.29) is 17.9 Å². The molecular formula is C16H15NO5. The van der Waals surface area contributed by atoms with Crippen molar-refractivity contribution >= 4 is 17.6 Å². The normalized spacial score (nSPS) is 9.86. The molecule has 1 amide bonds. The summed E-state index contributed by atoms with van der Waals surface area (Å²) in [6, 6.07) is 13.1. The zero-order chi connectivity index (χ0) is 15.9. The molecule has 2 aromatic carbocycles. The lowest BCUT2D eigenvalue weighted by Gasteiger charge is -2.11. The van der Waals surface area contributed by atoms with E-state index in [2.05, 4.69) is 5.32 Å². The molecule has 0 spiro atoms. The number of carbonyl (C=O) groups excluding carboxylic acids is 1. The Morgan fingerprint density at radius 1 is 1.05 bits per heavy atom. The van der Waals surface area contributed by atoms with E-state index >= 15 is 0 Å². The number of rotatable bonds is 6. The van der Waals surface area contributed by atoms with E-state index in [4.69, 9.17) is 14.6 Å². The zero-order valence-corrected chi connectivity index (χ0v) is 11.9. The first-order valence-corrected chi connectivity index (χ1v) is 6.50. The van der Waals surface area contributed by atoms with E-state index in [0.717, 1.165) is 0 Å². The predicted octanol–water partition coefficient (Wildman–Crippen LogP) is 2.41. The lowest BCUT2D eigenvalue weighted by molar-refractivity contribution is -0.118. The highest BCUT2D eigenvalue weighted by Gasteiger charge is 2.12. The topological polar surface area (TPSA) is 84.9 Å². The highest BCUT2D eigenvalue weighted by atomic mass is 16.5. The number of anilines is 1. The minimum Gasteiger partial charge on any atom is -0.495 e. The molecule has 0 saturated carbocycles. The van der Waals surface area contributed by atoms with Crippen LogP contribution in [0.3, 0.4) is 0 Å². The smallest absolute Gasteiger partial charge is 0.339 e. The van der Waals surface area contributed by atoms with Gasteiger partial charge in [-0.2, -0.15) is 0 Å². The molecule has 6 nitrogen and oxygen atoms in total. The van der Waals surface area contributed by atoms with Crippen molar-refractivity contribution in [2.75, 3.05) is 19.0 Å². The quantitative estimate of drug-likeness (QED) is 0.856. The number of nitrogens with one attached hydrogen (secondary N) is 1. The molecule has 114 valence electrons. The fourth-order valence-electron chi connectivity index (χ4n) is 1.85. The lowest BCUT2D eigenvalue weighted by Crippen LogP contribution is -2.21. The number of hydrogen-bond acceptors (Lipinski definition) is 4. The molecule has 0 radical (unpaired) electrons. The minimum atomic E-state index is -1.11. The SMILES string of the molecule is COc1ccccc1NC(=O)COc1ccccc1C(=O)O. The summed E-state index contributed by atoms with van der Waals surface area (Å²) in [6.45, 7) is -0.303. The monoisotopic (exact) mass is 301 g/mol. The molecule has 0 heterocycles. The van der Waals surface area contributed by atoms with E-state index < -0.39 is 11.9 Å². The number of ether oxygens (including phenoxy) is 2. The standard InChI is InChI=1S/C16H15NO5/c1-21-14-9-5-3-7-12(14)17-15(18)10-22-13-8-4-2-6-11(13)16(19)20/h2-9H,10H2,1H3,(H,17,18)(H,19,20). The zero-order valence-electron chi connectivity index (χ0n) is 11.9. The summed E-state index contributed by atoms with van der Waals surface area (Å²) in [4.78, 5) is 22.9. The third kappa shape index (κ3) is 3.76. The molecule has 22 heavy (non-hydrogen) atoms. The molecular weight excluding hydrogens is 286 g/mol. The predicted molar refractivity (Wildman–Crippen MR) is 80.5 cm³/mol. The number of methoxy groups -OCH3 is 1. The first-order chi connectivity index (χ1) is 10.6. The van der Waals surface area contributed by atoms with Crippen LogP contribution in [0.5, 0.6) is 11.5 Å². The molecule has 0 aliphatic carbocycles. The van der Waals surface area contributed by atoms with E-state index in [0.29, 0.717) is 11.4 Å². The second kappa shape index (κ2) is 7.12. The molecule has 0 aliphatic rings. The Hall–Kier alpha value is -3.02. The summed E-state index contributed by atoms with van der Waals surface area (Å²) < 4.78 is 10.4. The van der Waals surface area contributed by atoms with E-state index in [1.54, 1.807) is 36.4 Å². The van der Waals surface area contributed by atoms with Crippen LogP contribution in [0.2, 0.25) is 0 Å². The van der Waals surface area contributed by atoms with Gasteiger partial charge in [0.25, 0.3) is 5.91 Å². The van der Waals surface area contributed by atoms with Gasteiger partial charge in [0.2, 0.25) is 0 Å². The van der Waals surface area contributed by atoms with Crippen LogP contribution in [0, 0.1) is 0 Å². The first kappa shape index (κ1) is 15.4. The maximum atomic E-state index is 11.9. The van der Waals surface area contributed by atoms with Gasteiger partial charge in [-0.1, -0.05) is 24.3 Å². The fraction of sp³-hybridized carbons (Fsp3) is 0.125. The molecule has 0 fully saturated rings. The van der Waals surface area contributed by atoms with Crippen LogP contribution in [0.15, 0.2) is 48.5 Å². The van der Waals surface area contributed by atoms with Crippen LogP contribution in [0.4, 0.5) is 5.69 Å². The van der Waals surface area contributed by atoms with Gasteiger partial charge in [0.1, 0.15) is 17.1 Å². The highest BCUT2D eigenvalue weighted by molar-refractivity contribution is 5.94. The Labute approximate surface area is 127 Å². The Bertz CT molecular complexity index is 684. The molecule has 0 unspecified atom stereocenters. The third-order valence-electron chi connectivity index (χ3n) is 2.86. The van der Waals surface area contributed by atoms with Crippen LogP contribution in [-0.4, -0.2) is 30.7 Å². The van der Waals surface area contributed by atoms with Gasteiger partial charge >= 0.3 is 5.97 Å². The van der Waals surface area contributed by atoms with E-state index in [1.165, 1.54) is 19.2 Å². The molecule has 0 aromatic heterocycles. The van der Waals surface area contributed by atoms with Crippen LogP contribution < -0.4 is 14.8 Å². The number of carbonyl (C=O) groups is 2. The second-order valence-electron chi connectivity index (χ2n) is 4.34. The Morgan fingerprint density at radius 3 is 2.36 bits per heavy atom. The van der Waals surface area contributed by atoms with Crippen molar-refractivity contribution < 1.29 is 24.2 Å². The third-order valence-corrected chi connectivity index (χ3v) is 2.86. The van der Waals surface area contributed by atoms with Crippen LogP contribution in [0.1, 0.15) is 10.4 Å². The van der Waals surface area contributed by atoms with Gasteiger partial charge in [0, 0.05) is 0 Å². The lowest BCUT2D eigenvalue weighted by atomic mass is 10.2. The molecule has 0 aliphatic heterocycles. The number of para-hydroxylation sites is 3. The van der Waals surface area contributed by atoms with Crippen molar-refractivity contribution in [3.63, 3.8) is 0 Å². The molecule has 0 saturated heterocycles. The van der Waals surface area contributed by atoms with Crippen LogP contribution >= 0.6 is 0 Å². The van der Waals surface area contributed by atoms with Crippen LogP contribution in [-0.2, 0) is 4.79 Å². The number of aromatic carboxylic acids is 1. The number of carboxylic acids is 1. The van der Waals surface area contributed by atoms with Gasteiger partial charge in [-0.15, -0.1) is 0 Å². The van der Waals surface area contributed by atoms with Crippen molar-refractivity contribution in [1.29, 1.82) is 0 Å². The number of amides is 1. The van der Waals surface area contributed by atoms with E-state index in [1.807, 2.05) is 0 Å². The first-order valence-electron chi connectivity index (χ1n) is 6.50. The highest BCUT2D eigenvalue weighted by Crippen LogP contribution is 2.23. The van der Waals surface area contributed by atoms with Crippen molar-refractivity contribution in [3.05, 3.63) is 54.1 Å². The number of benzene rings is 2. The Balaban J connectivity index is 2.00. The largest absolute Gasteiger partial charge is 0.495 e. The summed E-state index contributed by atoms with van der Waals surface area (Å²) in [6.07, 6.45) is 0. The van der Waals surface area contributed by atoms with E-state index in [9.17, 15) is 9.59 Å². The number of carboxylic acid groups (broad SMARTS) is 1. The molecule has 2 aromatic rings. The Morgan fingerprint density at radius 2 is 1.68 bits per heavy atom.